The number of hydrogen-bond acceptors (Lipinski definition) is 3. The highest BCUT2D eigenvalue weighted by Crippen LogP contribution is 2.25. The highest BCUT2D eigenvalue weighted by atomic mass is 16.4. The van der Waals surface area contributed by atoms with E-state index in [-0.39, 0.29) is 6.04 Å². The van der Waals surface area contributed by atoms with Crippen LogP contribution in [0.15, 0.2) is 91.0 Å². The summed E-state index contributed by atoms with van der Waals surface area (Å²) in [5.41, 5.74) is 3.71. The van der Waals surface area contributed by atoms with Crippen molar-refractivity contribution in [3.8, 4) is 0 Å². The Labute approximate surface area is 203 Å². The summed E-state index contributed by atoms with van der Waals surface area (Å²) < 4.78 is 0. The maximum absolute atomic E-state index is 11.9. The van der Waals surface area contributed by atoms with Gasteiger partial charge in [-0.1, -0.05) is 78.9 Å². The van der Waals surface area contributed by atoms with Crippen LogP contribution in [0.2, 0.25) is 0 Å². The highest BCUT2D eigenvalue weighted by molar-refractivity contribution is 5.65. The largest absolute Gasteiger partial charge is 0.465 e. The van der Waals surface area contributed by atoms with Gasteiger partial charge in [-0.2, -0.15) is 0 Å². The number of anilines is 1. The minimum atomic E-state index is -0.798. The topological polar surface area (TPSA) is 55.8 Å². The third-order valence-corrected chi connectivity index (χ3v) is 6.62. The van der Waals surface area contributed by atoms with Crippen molar-refractivity contribution in [2.75, 3.05) is 18.4 Å². The number of para-hydroxylation sites is 1. The van der Waals surface area contributed by atoms with Gasteiger partial charge in [0.2, 0.25) is 0 Å². The number of piperidine rings is 1. The molecule has 5 heteroatoms. The van der Waals surface area contributed by atoms with Gasteiger partial charge in [0.05, 0.1) is 0 Å². The number of benzene rings is 3. The Morgan fingerprint density at radius 2 is 1.44 bits per heavy atom. The zero-order chi connectivity index (χ0) is 23.6. The van der Waals surface area contributed by atoms with Crippen LogP contribution in [0.25, 0.3) is 0 Å². The van der Waals surface area contributed by atoms with Crippen molar-refractivity contribution in [1.82, 2.24) is 9.80 Å². The zero-order valence-electron chi connectivity index (χ0n) is 19.7. The summed E-state index contributed by atoms with van der Waals surface area (Å²) >= 11 is 0. The molecule has 0 aliphatic carbocycles. The van der Waals surface area contributed by atoms with Crippen LogP contribution in [0.4, 0.5) is 10.5 Å². The van der Waals surface area contributed by atoms with Gasteiger partial charge in [-0.3, -0.25) is 4.90 Å². The molecule has 3 aromatic rings. The summed E-state index contributed by atoms with van der Waals surface area (Å²) in [6, 6.07) is 31.7. The van der Waals surface area contributed by atoms with Gasteiger partial charge in [0, 0.05) is 37.4 Å². The average Bonchev–Trinajstić information content (AvgIpc) is 2.86. The number of carbonyl (C=O) groups is 1. The van der Waals surface area contributed by atoms with Crippen molar-refractivity contribution >= 4 is 11.8 Å². The normalized spacial score (nSPS) is 18.1. The van der Waals surface area contributed by atoms with Crippen molar-refractivity contribution in [1.29, 1.82) is 0 Å². The fourth-order valence-corrected chi connectivity index (χ4v) is 4.93. The first kappa shape index (κ1) is 23.8. The molecule has 1 saturated heterocycles. The van der Waals surface area contributed by atoms with Gasteiger partial charge in [0.25, 0.3) is 0 Å². The summed E-state index contributed by atoms with van der Waals surface area (Å²) in [6.45, 7) is 3.30. The zero-order valence-corrected chi connectivity index (χ0v) is 19.7. The maximum atomic E-state index is 11.9. The van der Waals surface area contributed by atoms with Gasteiger partial charge >= 0.3 is 6.09 Å². The number of rotatable bonds is 10. The summed E-state index contributed by atoms with van der Waals surface area (Å²) in [5, 5.41) is 13.4. The van der Waals surface area contributed by atoms with E-state index in [1.807, 2.05) is 18.2 Å². The van der Waals surface area contributed by atoms with Gasteiger partial charge in [-0.25, -0.2) is 4.79 Å². The second-order valence-corrected chi connectivity index (χ2v) is 9.19. The molecule has 3 aromatic carbocycles. The van der Waals surface area contributed by atoms with E-state index in [9.17, 15) is 9.90 Å². The first-order valence-corrected chi connectivity index (χ1v) is 12.3. The molecule has 0 bridgehead atoms. The second-order valence-electron chi connectivity index (χ2n) is 9.19. The fourth-order valence-electron chi connectivity index (χ4n) is 4.93. The fraction of sp³-hybridized carbons (Fsp3) is 0.345. The maximum Gasteiger partial charge on any atom is 0.407 e. The van der Waals surface area contributed by atoms with Crippen molar-refractivity contribution in [3.05, 3.63) is 102 Å². The summed E-state index contributed by atoms with van der Waals surface area (Å²) in [7, 11) is 0. The molecule has 5 nitrogen and oxygen atoms in total. The lowest BCUT2D eigenvalue weighted by molar-refractivity contribution is 0.0972. The minimum absolute atomic E-state index is 0.0442. The molecule has 1 aliphatic heterocycles. The third kappa shape index (κ3) is 7.09. The molecule has 34 heavy (non-hydrogen) atoms. The molecule has 1 heterocycles. The Hall–Kier alpha value is -3.31. The van der Waals surface area contributed by atoms with Crippen molar-refractivity contribution in [2.45, 2.75) is 50.9 Å². The lowest BCUT2D eigenvalue weighted by Gasteiger charge is -2.39. The van der Waals surface area contributed by atoms with Crippen LogP contribution in [-0.2, 0) is 13.1 Å². The Balaban J connectivity index is 1.36. The Bertz CT molecular complexity index is 956. The van der Waals surface area contributed by atoms with E-state index in [1.165, 1.54) is 11.1 Å². The van der Waals surface area contributed by atoms with Crippen LogP contribution < -0.4 is 5.32 Å². The highest BCUT2D eigenvalue weighted by Gasteiger charge is 2.31. The summed E-state index contributed by atoms with van der Waals surface area (Å²) in [6.07, 6.45) is 2.73. The van der Waals surface area contributed by atoms with E-state index in [1.54, 1.807) is 4.90 Å². The Morgan fingerprint density at radius 1 is 0.882 bits per heavy atom. The van der Waals surface area contributed by atoms with Gasteiger partial charge < -0.3 is 15.3 Å². The number of nitrogens with one attached hydrogen (secondary N) is 1. The van der Waals surface area contributed by atoms with Crippen molar-refractivity contribution in [3.63, 3.8) is 0 Å². The molecular weight excluding hydrogens is 422 g/mol. The lowest BCUT2D eigenvalue weighted by atomic mass is 9.93. The molecule has 4 rings (SSSR count). The van der Waals surface area contributed by atoms with Crippen LogP contribution in [0.5, 0.6) is 0 Å². The SMILES string of the molecule is O=C(O)N1CCC(Nc2ccccc2)C[C@@H]1CCCN(Cc1ccccc1)Cc1ccccc1. The van der Waals surface area contributed by atoms with E-state index in [0.717, 1.165) is 51.0 Å². The number of amides is 1. The second kappa shape index (κ2) is 12.2. The first-order valence-electron chi connectivity index (χ1n) is 12.3. The number of nitrogens with zero attached hydrogens (tertiary/aromatic N) is 2. The first-order chi connectivity index (χ1) is 16.7. The van der Waals surface area contributed by atoms with Gasteiger partial charge in [0.15, 0.2) is 0 Å². The smallest absolute Gasteiger partial charge is 0.407 e. The van der Waals surface area contributed by atoms with Gasteiger partial charge in [0.1, 0.15) is 0 Å². The lowest BCUT2D eigenvalue weighted by Crippen LogP contribution is -2.49. The molecule has 2 atom stereocenters. The van der Waals surface area contributed by atoms with Crippen LogP contribution in [-0.4, -0.2) is 46.2 Å². The van der Waals surface area contributed by atoms with Crippen LogP contribution in [0.3, 0.4) is 0 Å². The van der Waals surface area contributed by atoms with E-state index < -0.39 is 6.09 Å². The van der Waals surface area contributed by atoms with Crippen LogP contribution in [0.1, 0.15) is 36.8 Å². The summed E-state index contributed by atoms with van der Waals surface area (Å²) in [5.74, 6) is 0. The third-order valence-electron chi connectivity index (χ3n) is 6.62. The summed E-state index contributed by atoms with van der Waals surface area (Å²) in [4.78, 5) is 16.0. The molecule has 0 saturated carbocycles. The molecule has 0 aromatic heterocycles. The number of hydrogen-bond donors (Lipinski definition) is 2. The minimum Gasteiger partial charge on any atom is -0.465 e. The monoisotopic (exact) mass is 457 g/mol. The average molecular weight is 458 g/mol. The molecule has 1 amide bonds. The predicted octanol–water partition coefficient (Wildman–Crippen LogP) is 6.09. The van der Waals surface area contributed by atoms with E-state index >= 15 is 0 Å². The Kier molecular flexibility index (Phi) is 8.58. The molecule has 2 N–H and O–H groups in total. The van der Waals surface area contributed by atoms with Gasteiger partial charge in [-0.05, 0) is 55.5 Å². The number of carboxylic acid groups (broad SMARTS) is 1. The molecule has 0 radical (unpaired) electrons. The molecule has 1 unspecified atom stereocenters. The molecular formula is C29H35N3O2. The van der Waals surface area contributed by atoms with E-state index in [4.69, 9.17) is 0 Å². The standard InChI is InChI=1S/C29H35N3O2/c33-29(34)32-20-18-27(30-26-15-8-3-9-16-26)21-28(32)17-10-19-31(22-24-11-4-1-5-12-24)23-25-13-6-2-7-14-25/h1-9,11-16,27-28,30H,10,17-23H2,(H,33,34)/t27?,28-/m0/s1. The van der Waals surface area contributed by atoms with Crippen LogP contribution >= 0.6 is 0 Å². The molecule has 1 fully saturated rings. The van der Waals surface area contributed by atoms with Gasteiger partial charge in [-0.15, -0.1) is 0 Å². The van der Waals surface area contributed by atoms with E-state index in [2.05, 4.69) is 83.0 Å². The number of likely N-dealkylation sites (tertiary alicyclic amines) is 1. The predicted molar refractivity (Wildman–Crippen MR) is 138 cm³/mol. The van der Waals surface area contributed by atoms with E-state index in [0.29, 0.717) is 12.6 Å². The Morgan fingerprint density at radius 3 is 2.00 bits per heavy atom. The molecule has 0 spiro atoms. The molecule has 1 aliphatic rings. The van der Waals surface area contributed by atoms with Crippen molar-refractivity contribution < 1.29 is 9.90 Å². The van der Waals surface area contributed by atoms with Crippen LogP contribution in [0, 0.1) is 0 Å². The van der Waals surface area contributed by atoms with Crippen molar-refractivity contribution in [2.24, 2.45) is 0 Å². The quantitative estimate of drug-likeness (QED) is 0.387. The molecule has 178 valence electrons.